The molecule has 0 aromatic heterocycles. The largest absolute Gasteiger partial charge is 0.356 e. The predicted octanol–water partition coefficient (Wildman–Crippen LogP) is 3.73. The minimum absolute atomic E-state index is 0.275. The molecule has 0 saturated heterocycles. The summed E-state index contributed by atoms with van der Waals surface area (Å²) in [5.41, 5.74) is 2.14. The van der Waals surface area contributed by atoms with E-state index in [1.807, 2.05) is 84.8 Å². The summed E-state index contributed by atoms with van der Waals surface area (Å²) >= 11 is 0. The lowest BCUT2D eigenvalue weighted by molar-refractivity contribution is 0.907. The lowest BCUT2D eigenvalue weighted by atomic mass is 10.1. The molecule has 0 spiro atoms. The lowest BCUT2D eigenvalue weighted by Crippen LogP contribution is -2.28. The van der Waals surface area contributed by atoms with Crippen molar-refractivity contribution in [3.63, 3.8) is 0 Å². The number of hydrogen-bond acceptors (Lipinski definition) is 2. The second kappa shape index (κ2) is 6.42. The Labute approximate surface area is 114 Å². The van der Waals surface area contributed by atoms with Gasteiger partial charge >= 0.3 is 0 Å². The minimum atomic E-state index is -0.275. The van der Waals surface area contributed by atoms with Crippen LogP contribution in [0.3, 0.4) is 0 Å². The quantitative estimate of drug-likeness (QED) is 0.824. The van der Waals surface area contributed by atoms with Gasteiger partial charge in [-0.2, -0.15) is 5.26 Å². The highest BCUT2D eigenvalue weighted by Gasteiger charge is 2.10. The number of benzene rings is 2. The smallest absolute Gasteiger partial charge is 0.135 e. The SMILES string of the molecule is CN(c1ccccc1)C(C#N)C=Cc1ccccc1. The van der Waals surface area contributed by atoms with E-state index < -0.39 is 0 Å². The zero-order valence-corrected chi connectivity index (χ0v) is 10.9. The Balaban J connectivity index is 2.13. The molecule has 0 aliphatic heterocycles. The molecule has 1 unspecified atom stereocenters. The third-order valence-electron chi connectivity index (χ3n) is 2.98. The van der Waals surface area contributed by atoms with E-state index in [2.05, 4.69) is 6.07 Å². The van der Waals surface area contributed by atoms with E-state index in [1.54, 1.807) is 0 Å². The Morgan fingerprint density at radius 3 is 2.16 bits per heavy atom. The molecule has 2 aromatic carbocycles. The molecule has 2 aromatic rings. The van der Waals surface area contributed by atoms with Crippen LogP contribution in [0.2, 0.25) is 0 Å². The number of para-hydroxylation sites is 1. The maximum Gasteiger partial charge on any atom is 0.135 e. The molecule has 0 bridgehead atoms. The van der Waals surface area contributed by atoms with Crippen molar-refractivity contribution in [3.8, 4) is 6.07 Å². The van der Waals surface area contributed by atoms with Crippen LogP contribution in [-0.4, -0.2) is 13.1 Å². The zero-order valence-electron chi connectivity index (χ0n) is 10.9. The zero-order chi connectivity index (χ0) is 13.5. The van der Waals surface area contributed by atoms with Gasteiger partial charge < -0.3 is 4.90 Å². The average Bonchev–Trinajstić information content (AvgIpc) is 2.49. The molecular formula is C17H16N2. The van der Waals surface area contributed by atoms with Crippen LogP contribution in [0.1, 0.15) is 5.56 Å². The van der Waals surface area contributed by atoms with Gasteiger partial charge in [0, 0.05) is 12.7 Å². The highest BCUT2D eigenvalue weighted by Crippen LogP contribution is 2.15. The summed E-state index contributed by atoms with van der Waals surface area (Å²) in [5, 5.41) is 9.29. The van der Waals surface area contributed by atoms with Gasteiger partial charge in [-0.3, -0.25) is 0 Å². The van der Waals surface area contributed by atoms with Crippen molar-refractivity contribution in [1.82, 2.24) is 0 Å². The van der Waals surface area contributed by atoms with Crippen molar-refractivity contribution in [1.29, 1.82) is 5.26 Å². The van der Waals surface area contributed by atoms with E-state index >= 15 is 0 Å². The summed E-state index contributed by atoms with van der Waals surface area (Å²) in [7, 11) is 1.93. The van der Waals surface area contributed by atoms with E-state index in [-0.39, 0.29) is 6.04 Å². The van der Waals surface area contributed by atoms with Crippen molar-refractivity contribution in [2.45, 2.75) is 6.04 Å². The molecule has 0 amide bonds. The molecule has 2 heteroatoms. The maximum atomic E-state index is 9.29. The Hall–Kier alpha value is -2.53. The molecule has 0 aliphatic carbocycles. The number of nitrogens with zero attached hydrogens (tertiary/aromatic N) is 2. The third kappa shape index (κ3) is 3.46. The standard InChI is InChI=1S/C17H16N2/c1-19(16-10-6-3-7-11-16)17(14-18)13-12-15-8-4-2-5-9-15/h2-13,17H,1H3. The molecule has 0 fully saturated rings. The second-order valence-electron chi connectivity index (χ2n) is 4.29. The van der Waals surface area contributed by atoms with Crippen LogP contribution in [0, 0.1) is 11.3 Å². The van der Waals surface area contributed by atoms with Gasteiger partial charge in [0.2, 0.25) is 0 Å². The van der Waals surface area contributed by atoms with Crippen molar-refractivity contribution in [2.24, 2.45) is 0 Å². The highest BCUT2D eigenvalue weighted by molar-refractivity contribution is 5.55. The van der Waals surface area contributed by atoms with Crippen molar-refractivity contribution >= 4 is 11.8 Å². The Morgan fingerprint density at radius 2 is 1.58 bits per heavy atom. The number of likely N-dealkylation sites (N-methyl/N-ethyl adjacent to an activating group) is 1. The summed E-state index contributed by atoms with van der Waals surface area (Å²) in [6.45, 7) is 0. The summed E-state index contributed by atoms with van der Waals surface area (Å²) in [6, 6.07) is 22.0. The first-order valence-corrected chi connectivity index (χ1v) is 6.22. The van der Waals surface area contributed by atoms with Crippen LogP contribution in [-0.2, 0) is 0 Å². The molecule has 94 valence electrons. The van der Waals surface area contributed by atoms with Gasteiger partial charge in [0.05, 0.1) is 6.07 Å². The monoisotopic (exact) mass is 248 g/mol. The van der Waals surface area contributed by atoms with Crippen LogP contribution in [0.25, 0.3) is 6.08 Å². The van der Waals surface area contributed by atoms with Crippen LogP contribution in [0.5, 0.6) is 0 Å². The lowest BCUT2D eigenvalue weighted by Gasteiger charge is -2.22. The van der Waals surface area contributed by atoms with Crippen LogP contribution < -0.4 is 4.90 Å². The summed E-state index contributed by atoms with van der Waals surface area (Å²) in [6.07, 6.45) is 3.90. The fourth-order valence-corrected chi connectivity index (χ4v) is 1.85. The molecule has 19 heavy (non-hydrogen) atoms. The van der Waals surface area contributed by atoms with Gasteiger partial charge in [0.25, 0.3) is 0 Å². The molecule has 1 atom stereocenters. The van der Waals surface area contributed by atoms with Gasteiger partial charge in [0.1, 0.15) is 6.04 Å². The number of rotatable bonds is 4. The topological polar surface area (TPSA) is 27.0 Å². The van der Waals surface area contributed by atoms with E-state index in [0.29, 0.717) is 0 Å². The van der Waals surface area contributed by atoms with Gasteiger partial charge in [-0.25, -0.2) is 0 Å². The molecule has 2 nitrogen and oxygen atoms in total. The molecule has 2 rings (SSSR count). The minimum Gasteiger partial charge on any atom is -0.356 e. The molecular weight excluding hydrogens is 232 g/mol. The van der Waals surface area contributed by atoms with E-state index in [0.717, 1.165) is 11.3 Å². The fourth-order valence-electron chi connectivity index (χ4n) is 1.85. The Morgan fingerprint density at radius 1 is 1.00 bits per heavy atom. The van der Waals surface area contributed by atoms with Crippen molar-refractivity contribution in [2.75, 3.05) is 11.9 Å². The first-order valence-electron chi connectivity index (χ1n) is 6.22. The molecule has 0 aliphatic rings. The number of anilines is 1. The van der Waals surface area contributed by atoms with Crippen molar-refractivity contribution < 1.29 is 0 Å². The van der Waals surface area contributed by atoms with Crippen LogP contribution in [0.4, 0.5) is 5.69 Å². The fraction of sp³-hybridized carbons (Fsp3) is 0.118. The van der Waals surface area contributed by atoms with Gasteiger partial charge in [-0.1, -0.05) is 54.6 Å². The van der Waals surface area contributed by atoms with Crippen molar-refractivity contribution in [3.05, 3.63) is 72.3 Å². The normalized spacial score (nSPS) is 12.0. The Kier molecular flexibility index (Phi) is 4.36. The van der Waals surface area contributed by atoms with E-state index in [4.69, 9.17) is 0 Å². The van der Waals surface area contributed by atoms with Crippen LogP contribution in [0.15, 0.2) is 66.7 Å². The molecule has 0 heterocycles. The van der Waals surface area contributed by atoms with Gasteiger partial charge in [-0.05, 0) is 23.8 Å². The summed E-state index contributed by atoms with van der Waals surface area (Å²) in [4.78, 5) is 1.96. The van der Waals surface area contributed by atoms with E-state index in [1.165, 1.54) is 0 Å². The van der Waals surface area contributed by atoms with E-state index in [9.17, 15) is 5.26 Å². The predicted molar refractivity (Wildman–Crippen MR) is 79.7 cm³/mol. The summed E-state index contributed by atoms with van der Waals surface area (Å²) in [5.74, 6) is 0. The third-order valence-corrected chi connectivity index (χ3v) is 2.98. The van der Waals surface area contributed by atoms with Gasteiger partial charge in [-0.15, -0.1) is 0 Å². The molecule has 0 saturated carbocycles. The second-order valence-corrected chi connectivity index (χ2v) is 4.29. The summed E-state index contributed by atoms with van der Waals surface area (Å²) < 4.78 is 0. The Bertz CT molecular complexity index is 567. The first kappa shape index (κ1) is 12.9. The highest BCUT2D eigenvalue weighted by atomic mass is 15.1. The first-order chi connectivity index (χ1) is 9.31. The maximum absolute atomic E-state index is 9.29. The van der Waals surface area contributed by atoms with Gasteiger partial charge in [0.15, 0.2) is 0 Å². The van der Waals surface area contributed by atoms with Crippen LogP contribution >= 0.6 is 0 Å². The molecule has 0 N–H and O–H groups in total. The number of hydrogen-bond donors (Lipinski definition) is 0. The molecule has 0 radical (unpaired) electrons. The average molecular weight is 248 g/mol. The number of nitriles is 1.